The predicted molar refractivity (Wildman–Crippen MR) is 71.4 cm³/mol. The van der Waals surface area contributed by atoms with Gasteiger partial charge in [-0.15, -0.1) is 0 Å². The molecule has 0 saturated carbocycles. The second-order valence-corrected chi connectivity index (χ2v) is 3.82. The molecule has 0 aliphatic heterocycles. The van der Waals surface area contributed by atoms with Gasteiger partial charge in [0.2, 0.25) is 0 Å². The van der Waals surface area contributed by atoms with Gasteiger partial charge < -0.3 is 15.8 Å². The van der Waals surface area contributed by atoms with E-state index in [-0.39, 0.29) is 5.97 Å². The highest BCUT2D eigenvalue weighted by atomic mass is 16.5. The first kappa shape index (κ1) is 14.0. The first-order chi connectivity index (χ1) is 8.67. The van der Waals surface area contributed by atoms with Gasteiger partial charge in [-0.25, -0.2) is 9.79 Å². The number of nitrogens with zero attached hydrogens (tertiary/aromatic N) is 1. The summed E-state index contributed by atoms with van der Waals surface area (Å²) in [4.78, 5) is 15.5. The SMILES string of the molecule is CCCNC(N)=NCc1cccc(C(=O)OC)c1. The molecule has 5 heteroatoms. The first-order valence-electron chi connectivity index (χ1n) is 5.88. The molecule has 0 unspecified atom stereocenters. The third-order valence-electron chi connectivity index (χ3n) is 2.34. The van der Waals surface area contributed by atoms with Crippen LogP contribution < -0.4 is 11.1 Å². The summed E-state index contributed by atoms with van der Waals surface area (Å²) < 4.78 is 4.66. The molecule has 0 aromatic heterocycles. The van der Waals surface area contributed by atoms with Crippen LogP contribution in [0.4, 0.5) is 0 Å². The zero-order chi connectivity index (χ0) is 13.4. The van der Waals surface area contributed by atoms with Crippen molar-refractivity contribution in [3.63, 3.8) is 0 Å². The molecule has 0 aliphatic carbocycles. The molecule has 0 radical (unpaired) electrons. The summed E-state index contributed by atoms with van der Waals surface area (Å²) >= 11 is 0. The van der Waals surface area contributed by atoms with E-state index in [9.17, 15) is 4.79 Å². The van der Waals surface area contributed by atoms with Gasteiger partial charge in [0.15, 0.2) is 5.96 Å². The van der Waals surface area contributed by atoms with E-state index < -0.39 is 0 Å². The van der Waals surface area contributed by atoms with Crippen LogP contribution in [0.3, 0.4) is 0 Å². The second kappa shape index (κ2) is 7.32. The lowest BCUT2D eigenvalue weighted by Crippen LogP contribution is -2.32. The second-order valence-electron chi connectivity index (χ2n) is 3.82. The van der Waals surface area contributed by atoms with Gasteiger partial charge in [-0.05, 0) is 24.1 Å². The molecule has 1 rings (SSSR count). The normalized spacial score (nSPS) is 11.1. The van der Waals surface area contributed by atoms with Crippen LogP contribution >= 0.6 is 0 Å². The van der Waals surface area contributed by atoms with Crippen molar-refractivity contribution in [1.82, 2.24) is 5.32 Å². The molecule has 98 valence electrons. The predicted octanol–water partition coefficient (Wildman–Crippen LogP) is 1.29. The molecule has 0 bridgehead atoms. The summed E-state index contributed by atoms with van der Waals surface area (Å²) in [6.07, 6.45) is 0.994. The average Bonchev–Trinajstić information content (AvgIpc) is 2.42. The van der Waals surface area contributed by atoms with Crippen LogP contribution in [0.15, 0.2) is 29.3 Å². The van der Waals surface area contributed by atoms with Crippen molar-refractivity contribution in [2.75, 3.05) is 13.7 Å². The Balaban J connectivity index is 2.65. The molecule has 18 heavy (non-hydrogen) atoms. The van der Waals surface area contributed by atoms with E-state index in [4.69, 9.17) is 5.73 Å². The number of carbonyl (C=O) groups is 1. The van der Waals surface area contributed by atoms with Crippen molar-refractivity contribution in [3.8, 4) is 0 Å². The standard InChI is InChI=1S/C13H19N3O2/c1-3-7-15-13(14)16-9-10-5-4-6-11(8-10)12(17)18-2/h4-6,8H,3,7,9H2,1-2H3,(H3,14,15,16). The molecule has 0 fully saturated rings. The maximum absolute atomic E-state index is 11.4. The third-order valence-corrected chi connectivity index (χ3v) is 2.34. The largest absolute Gasteiger partial charge is 0.465 e. The summed E-state index contributed by atoms with van der Waals surface area (Å²) in [7, 11) is 1.36. The molecule has 0 saturated heterocycles. The molecule has 5 nitrogen and oxygen atoms in total. The highest BCUT2D eigenvalue weighted by Crippen LogP contribution is 2.07. The van der Waals surface area contributed by atoms with E-state index in [2.05, 4.69) is 22.0 Å². The van der Waals surface area contributed by atoms with Crippen LogP contribution in [0.2, 0.25) is 0 Å². The van der Waals surface area contributed by atoms with Gasteiger partial charge in [-0.2, -0.15) is 0 Å². The monoisotopic (exact) mass is 249 g/mol. The van der Waals surface area contributed by atoms with E-state index in [1.807, 2.05) is 6.07 Å². The van der Waals surface area contributed by atoms with Crippen LogP contribution in [0.5, 0.6) is 0 Å². The zero-order valence-corrected chi connectivity index (χ0v) is 10.8. The summed E-state index contributed by atoms with van der Waals surface area (Å²) in [5.74, 6) is 0.0678. The number of benzene rings is 1. The lowest BCUT2D eigenvalue weighted by Gasteiger charge is -2.04. The molecule has 0 amide bonds. The van der Waals surface area contributed by atoms with Crippen molar-refractivity contribution in [2.24, 2.45) is 10.7 Å². The molecular formula is C13H19N3O2. The van der Waals surface area contributed by atoms with Crippen molar-refractivity contribution in [3.05, 3.63) is 35.4 Å². The van der Waals surface area contributed by atoms with Gasteiger partial charge in [-0.1, -0.05) is 19.1 Å². The quantitative estimate of drug-likeness (QED) is 0.468. The molecule has 1 aromatic rings. The Labute approximate surface area is 107 Å². The zero-order valence-electron chi connectivity index (χ0n) is 10.8. The minimum absolute atomic E-state index is 0.349. The summed E-state index contributed by atoms with van der Waals surface area (Å²) in [6.45, 7) is 3.30. The van der Waals surface area contributed by atoms with Crippen LogP contribution in [0, 0.1) is 0 Å². The summed E-state index contributed by atoms with van der Waals surface area (Å²) in [5.41, 5.74) is 7.11. The fourth-order valence-electron chi connectivity index (χ4n) is 1.40. The van der Waals surface area contributed by atoms with Crippen LogP contribution in [0.1, 0.15) is 29.3 Å². The summed E-state index contributed by atoms with van der Waals surface area (Å²) in [6, 6.07) is 7.15. The van der Waals surface area contributed by atoms with Crippen LogP contribution in [-0.2, 0) is 11.3 Å². The fourth-order valence-corrected chi connectivity index (χ4v) is 1.40. The van der Waals surface area contributed by atoms with E-state index >= 15 is 0 Å². The lowest BCUT2D eigenvalue weighted by molar-refractivity contribution is 0.0600. The number of carbonyl (C=O) groups excluding carboxylic acids is 1. The van der Waals surface area contributed by atoms with Crippen molar-refractivity contribution >= 4 is 11.9 Å². The smallest absolute Gasteiger partial charge is 0.337 e. The number of esters is 1. The third kappa shape index (κ3) is 4.45. The molecule has 0 atom stereocenters. The molecule has 1 aromatic carbocycles. The van der Waals surface area contributed by atoms with Crippen molar-refractivity contribution < 1.29 is 9.53 Å². The van der Waals surface area contributed by atoms with Gasteiger partial charge in [0.1, 0.15) is 0 Å². The van der Waals surface area contributed by atoms with Crippen LogP contribution in [-0.4, -0.2) is 25.6 Å². The fraction of sp³-hybridized carbons (Fsp3) is 0.385. The van der Waals surface area contributed by atoms with E-state index in [0.29, 0.717) is 18.1 Å². The van der Waals surface area contributed by atoms with Crippen molar-refractivity contribution in [1.29, 1.82) is 0 Å². The topological polar surface area (TPSA) is 76.7 Å². The number of hydrogen-bond acceptors (Lipinski definition) is 3. The Bertz CT molecular complexity index is 430. The van der Waals surface area contributed by atoms with E-state index in [0.717, 1.165) is 18.5 Å². The van der Waals surface area contributed by atoms with E-state index in [1.165, 1.54) is 7.11 Å². The molecular weight excluding hydrogens is 230 g/mol. The molecule has 0 aliphatic rings. The molecule has 0 spiro atoms. The van der Waals surface area contributed by atoms with Gasteiger partial charge in [0.25, 0.3) is 0 Å². The summed E-state index contributed by atoms with van der Waals surface area (Å²) in [5, 5.41) is 2.99. The average molecular weight is 249 g/mol. The van der Waals surface area contributed by atoms with Gasteiger partial charge in [0, 0.05) is 6.54 Å². The highest BCUT2D eigenvalue weighted by molar-refractivity contribution is 5.89. The van der Waals surface area contributed by atoms with Gasteiger partial charge >= 0.3 is 5.97 Å². The number of rotatable bonds is 5. The molecule has 0 heterocycles. The number of hydrogen-bond donors (Lipinski definition) is 2. The van der Waals surface area contributed by atoms with Crippen LogP contribution in [0.25, 0.3) is 0 Å². The maximum Gasteiger partial charge on any atom is 0.337 e. The number of nitrogens with one attached hydrogen (secondary N) is 1. The number of aliphatic imine (C=N–C) groups is 1. The number of methoxy groups -OCH3 is 1. The lowest BCUT2D eigenvalue weighted by atomic mass is 10.1. The Hall–Kier alpha value is -2.04. The maximum atomic E-state index is 11.4. The highest BCUT2D eigenvalue weighted by Gasteiger charge is 2.05. The van der Waals surface area contributed by atoms with Crippen molar-refractivity contribution in [2.45, 2.75) is 19.9 Å². The Morgan fingerprint density at radius 2 is 2.28 bits per heavy atom. The number of nitrogens with two attached hydrogens (primary N) is 1. The Kier molecular flexibility index (Phi) is 5.70. The van der Waals surface area contributed by atoms with E-state index in [1.54, 1.807) is 18.2 Å². The minimum atomic E-state index is -0.349. The first-order valence-corrected chi connectivity index (χ1v) is 5.88. The number of ether oxygens (including phenoxy) is 1. The molecule has 3 N–H and O–H groups in total. The Morgan fingerprint density at radius 3 is 2.94 bits per heavy atom. The van der Waals surface area contributed by atoms with Gasteiger partial charge in [-0.3, -0.25) is 0 Å². The number of guanidine groups is 1. The minimum Gasteiger partial charge on any atom is -0.465 e. The Morgan fingerprint density at radius 1 is 1.50 bits per heavy atom. The van der Waals surface area contributed by atoms with Gasteiger partial charge in [0.05, 0.1) is 19.2 Å².